The standard InChI is InChI=1S/C21H26N2O/c1-16-8-10-20(11-9-16)23-14-12-19(13-15-23)21(24)22-17(2)18-6-4-3-5-7-18/h3-11,17,19H,12-15H2,1-2H3,(H,22,24)/t17-/m0/s1. The second-order valence-corrected chi connectivity index (χ2v) is 6.74. The van der Waals surface area contributed by atoms with E-state index in [1.807, 2.05) is 18.2 Å². The molecule has 1 atom stereocenters. The minimum atomic E-state index is 0.0637. The van der Waals surface area contributed by atoms with E-state index in [4.69, 9.17) is 0 Å². The number of amides is 1. The van der Waals surface area contributed by atoms with Crippen molar-refractivity contribution in [3.8, 4) is 0 Å². The number of piperidine rings is 1. The predicted octanol–water partition coefficient (Wildman–Crippen LogP) is 4.09. The Labute approximate surface area is 144 Å². The summed E-state index contributed by atoms with van der Waals surface area (Å²) in [6, 6.07) is 18.9. The van der Waals surface area contributed by atoms with Crippen molar-refractivity contribution >= 4 is 11.6 Å². The highest BCUT2D eigenvalue weighted by molar-refractivity contribution is 5.79. The monoisotopic (exact) mass is 322 g/mol. The molecule has 3 heteroatoms. The SMILES string of the molecule is Cc1ccc(N2CCC(C(=O)N[C@@H](C)c3ccccc3)CC2)cc1. The number of carbonyl (C=O) groups is 1. The topological polar surface area (TPSA) is 32.3 Å². The summed E-state index contributed by atoms with van der Waals surface area (Å²) in [6.07, 6.45) is 1.84. The molecule has 0 bridgehead atoms. The first-order valence-electron chi connectivity index (χ1n) is 8.80. The van der Waals surface area contributed by atoms with Crippen molar-refractivity contribution in [1.29, 1.82) is 0 Å². The van der Waals surface area contributed by atoms with E-state index in [-0.39, 0.29) is 17.9 Å². The van der Waals surface area contributed by atoms with Gasteiger partial charge in [0.05, 0.1) is 6.04 Å². The number of hydrogen-bond acceptors (Lipinski definition) is 2. The second kappa shape index (κ2) is 7.52. The fourth-order valence-electron chi connectivity index (χ4n) is 3.31. The van der Waals surface area contributed by atoms with Gasteiger partial charge in [0.15, 0.2) is 0 Å². The normalized spacial score (nSPS) is 16.7. The van der Waals surface area contributed by atoms with Crippen LogP contribution in [0.1, 0.15) is 36.9 Å². The number of rotatable bonds is 4. The Kier molecular flexibility index (Phi) is 5.19. The Morgan fingerprint density at radius 3 is 2.29 bits per heavy atom. The van der Waals surface area contributed by atoms with Crippen molar-refractivity contribution in [2.75, 3.05) is 18.0 Å². The Morgan fingerprint density at radius 1 is 1.04 bits per heavy atom. The number of aryl methyl sites for hydroxylation is 1. The fourth-order valence-corrected chi connectivity index (χ4v) is 3.31. The van der Waals surface area contributed by atoms with Gasteiger partial charge in [0.25, 0.3) is 0 Å². The molecule has 1 N–H and O–H groups in total. The number of benzene rings is 2. The molecule has 1 heterocycles. The molecule has 126 valence electrons. The van der Waals surface area contributed by atoms with E-state index in [1.54, 1.807) is 0 Å². The van der Waals surface area contributed by atoms with Crippen molar-refractivity contribution < 1.29 is 4.79 Å². The van der Waals surface area contributed by atoms with E-state index in [0.717, 1.165) is 31.5 Å². The molecule has 2 aromatic carbocycles. The van der Waals surface area contributed by atoms with E-state index in [0.29, 0.717) is 0 Å². The number of nitrogens with one attached hydrogen (secondary N) is 1. The van der Waals surface area contributed by atoms with E-state index < -0.39 is 0 Å². The molecule has 1 amide bonds. The lowest BCUT2D eigenvalue weighted by molar-refractivity contribution is -0.126. The lowest BCUT2D eigenvalue weighted by atomic mass is 9.94. The van der Waals surface area contributed by atoms with Crippen LogP contribution in [0.5, 0.6) is 0 Å². The van der Waals surface area contributed by atoms with Gasteiger partial charge in [0.2, 0.25) is 5.91 Å². The molecule has 3 nitrogen and oxygen atoms in total. The van der Waals surface area contributed by atoms with Gasteiger partial charge in [-0.1, -0.05) is 48.0 Å². The van der Waals surface area contributed by atoms with Crippen LogP contribution in [0.4, 0.5) is 5.69 Å². The first-order valence-corrected chi connectivity index (χ1v) is 8.80. The van der Waals surface area contributed by atoms with Crippen molar-refractivity contribution in [1.82, 2.24) is 5.32 Å². The molecule has 1 aliphatic heterocycles. The van der Waals surface area contributed by atoms with E-state index >= 15 is 0 Å². The minimum absolute atomic E-state index is 0.0637. The van der Waals surface area contributed by atoms with Gasteiger partial charge in [0.1, 0.15) is 0 Å². The van der Waals surface area contributed by atoms with Gasteiger partial charge in [-0.15, -0.1) is 0 Å². The van der Waals surface area contributed by atoms with E-state index in [2.05, 4.69) is 60.5 Å². The molecule has 0 spiro atoms. The molecule has 0 saturated carbocycles. The lowest BCUT2D eigenvalue weighted by Crippen LogP contribution is -2.41. The van der Waals surface area contributed by atoms with Gasteiger partial charge in [-0.2, -0.15) is 0 Å². The van der Waals surface area contributed by atoms with Gasteiger partial charge in [-0.3, -0.25) is 4.79 Å². The first-order chi connectivity index (χ1) is 11.6. The van der Waals surface area contributed by atoms with Crippen LogP contribution in [0.3, 0.4) is 0 Å². The van der Waals surface area contributed by atoms with Gasteiger partial charge in [-0.05, 0) is 44.4 Å². The van der Waals surface area contributed by atoms with Gasteiger partial charge in [0, 0.05) is 24.7 Å². The van der Waals surface area contributed by atoms with Crippen LogP contribution in [0.15, 0.2) is 54.6 Å². The predicted molar refractivity (Wildman–Crippen MR) is 99.1 cm³/mol. The zero-order valence-corrected chi connectivity index (χ0v) is 14.5. The molecule has 1 aliphatic rings. The molecular weight excluding hydrogens is 296 g/mol. The Bertz CT molecular complexity index is 658. The maximum absolute atomic E-state index is 12.5. The van der Waals surface area contributed by atoms with E-state index in [1.165, 1.54) is 11.3 Å². The average Bonchev–Trinajstić information content (AvgIpc) is 2.63. The smallest absolute Gasteiger partial charge is 0.223 e. The van der Waals surface area contributed by atoms with Crippen LogP contribution in [0, 0.1) is 12.8 Å². The minimum Gasteiger partial charge on any atom is -0.371 e. The van der Waals surface area contributed by atoms with Crippen LogP contribution in [-0.4, -0.2) is 19.0 Å². The average molecular weight is 322 g/mol. The van der Waals surface area contributed by atoms with Crippen molar-refractivity contribution in [3.63, 3.8) is 0 Å². The van der Waals surface area contributed by atoms with Crippen LogP contribution in [-0.2, 0) is 4.79 Å². The highest BCUT2D eigenvalue weighted by atomic mass is 16.1. The largest absolute Gasteiger partial charge is 0.371 e. The quantitative estimate of drug-likeness (QED) is 0.919. The lowest BCUT2D eigenvalue weighted by Gasteiger charge is -2.33. The summed E-state index contributed by atoms with van der Waals surface area (Å²) in [5.41, 5.74) is 3.70. The molecule has 3 rings (SSSR count). The summed E-state index contributed by atoms with van der Waals surface area (Å²) in [6.45, 7) is 6.05. The molecule has 2 aromatic rings. The zero-order chi connectivity index (χ0) is 16.9. The fraction of sp³-hybridized carbons (Fsp3) is 0.381. The Balaban J connectivity index is 1.52. The van der Waals surface area contributed by atoms with Crippen molar-refractivity contribution in [3.05, 3.63) is 65.7 Å². The summed E-state index contributed by atoms with van der Waals surface area (Å²) in [5.74, 6) is 0.313. The summed E-state index contributed by atoms with van der Waals surface area (Å²) >= 11 is 0. The highest BCUT2D eigenvalue weighted by Crippen LogP contribution is 2.24. The molecule has 0 unspecified atom stereocenters. The Morgan fingerprint density at radius 2 is 1.67 bits per heavy atom. The van der Waals surface area contributed by atoms with E-state index in [9.17, 15) is 4.79 Å². The van der Waals surface area contributed by atoms with Crippen LogP contribution in [0.25, 0.3) is 0 Å². The number of carbonyl (C=O) groups excluding carboxylic acids is 1. The molecule has 0 radical (unpaired) electrons. The van der Waals surface area contributed by atoms with Crippen molar-refractivity contribution in [2.24, 2.45) is 5.92 Å². The molecule has 0 aromatic heterocycles. The molecule has 0 aliphatic carbocycles. The van der Waals surface area contributed by atoms with Crippen LogP contribution >= 0.6 is 0 Å². The number of anilines is 1. The van der Waals surface area contributed by atoms with Crippen LogP contribution in [0.2, 0.25) is 0 Å². The highest BCUT2D eigenvalue weighted by Gasteiger charge is 2.26. The third kappa shape index (κ3) is 3.97. The summed E-state index contributed by atoms with van der Waals surface area (Å²) in [5, 5.41) is 3.17. The summed E-state index contributed by atoms with van der Waals surface area (Å²) < 4.78 is 0. The molecular formula is C21H26N2O. The molecule has 1 fully saturated rings. The molecule has 1 saturated heterocycles. The zero-order valence-electron chi connectivity index (χ0n) is 14.5. The third-order valence-electron chi connectivity index (χ3n) is 4.92. The second-order valence-electron chi connectivity index (χ2n) is 6.74. The first kappa shape index (κ1) is 16.6. The molecule has 24 heavy (non-hydrogen) atoms. The Hall–Kier alpha value is -2.29. The van der Waals surface area contributed by atoms with Gasteiger partial charge < -0.3 is 10.2 Å². The number of hydrogen-bond donors (Lipinski definition) is 1. The van der Waals surface area contributed by atoms with Crippen LogP contribution < -0.4 is 10.2 Å². The number of nitrogens with zero attached hydrogens (tertiary/aromatic N) is 1. The summed E-state index contributed by atoms with van der Waals surface area (Å²) in [7, 11) is 0. The maximum Gasteiger partial charge on any atom is 0.223 e. The van der Waals surface area contributed by atoms with Gasteiger partial charge >= 0.3 is 0 Å². The maximum atomic E-state index is 12.5. The third-order valence-corrected chi connectivity index (χ3v) is 4.92. The van der Waals surface area contributed by atoms with Crippen molar-refractivity contribution in [2.45, 2.75) is 32.7 Å². The van der Waals surface area contributed by atoms with Gasteiger partial charge in [-0.25, -0.2) is 0 Å². The summed E-state index contributed by atoms with van der Waals surface area (Å²) in [4.78, 5) is 14.9.